The van der Waals surface area contributed by atoms with Crippen molar-refractivity contribution in [3.8, 4) is 0 Å². The van der Waals surface area contributed by atoms with Crippen molar-refractivity contribution >= 4 is 17.7 Å². The van der Waals surface area contributed by atoms with Gasteiger partial charge in [-0.1, -0.05) is 6.07 Å². The number of morpholine rings is 1. The molecule has 8 heteroatoms. The zero-order chi connectivity index (χ0) is 21.2. The molecule has 8 nitrogen and oxygen atoms in total. The average Bonchev–Trinajstić information content (AvgIpc) is 2.72. The topological polar surface area (TPSA) is 73.3 Å². The molecule has 1 N–H and O–H groups in total. The van der Waals surface area contributed by atoms with Gasteiger partial charge in [-0.2, -0.15) is 0 Å². The maximum atomic E-state index is 12.4. The van der Waals surface area contributed by atoms with Crippen LogP contribution in [-0.2, 0) is 16.1 Å². The average molecular weight is 405 g/mol. The van der Waals surface area contributed by atoms with Crippen LogP contribution in [0, 0.1) is 0 Å². The smallest absolute Gasteiger partial charge is 0.242 e. The molecule has 1 aliphatic rings. The molecule has 2 heterocycles. The third kappa shape index (κ3) is 6.88. The summed E-state index contributed by atoms with van der Waals surface area (Å²) in [5.41, 5.74) is 1.04. The number of hydrogen-bond donors (Lipinski definition) is 1. The van der Waals surface area contributed by atoms with E-state index in [1.54, 1.807) is 0 Å². The third-order valence-corrected chi connectivity index (χ3v) is 4.97. The minimum atomic E-state index is 0.105. The summed E-state index contributed by atoms with van der Waals surface area (Å²) in [5.74, 6) is 1.80. The van der Waals surface area contributed by atoms with Crippen LogP contribution < -0.4 is 10.2 Å². The molecule has 29 heavy (non-hydrogen) atoms. The third-order valence-electron chi connectivity index (χ3n) is 4.97. The Bertz CT molecular complexity index is 660. The van der Waals surface area contributed by atoms with Crippen LogP contribution in [0.5, 0.6) is 0 Å². The lowest BCUT2D eigenvalue weighted by Gasteiger charge is -2.32. The lowest BCUT2D eigenvalue weighted by molar-refractivity contribution is -0.131. The molecule has 0 aromatic carbocycles. The first-order valence-corrected chi connectivity index (χ1v) is 10.6. The van der Waals surface area contributed by atoms with Crippen molar-refractivity contribution in [2.45, 2.75) is 40.3 Å². The van der Waals surface area contributed by atoms with Crippen LogP contribution in [0.4, 0.5) is 5.82 Å². The zero-order valence-electron chi connectivity index (χ0n) is 18.5. The van der Waals surface area contributed by atoms with Gasteiger partial charge in [0.1, 0.15) is 5.82 Å². The van der Waals surface area contributed by atoms with E-state index in [2.05, 4.69) is 33.2 Å². The van der Waals surface area contributed by atoms with E-state index < -0.39 is 0 Å². The predicted molar refractivity (Wildman–Crippen MR) is 117 cm³/mol. The Balaban J connectivity index is 1.99. The Morgan fingerprint density at radius 3 is 2.69 bits per heavy atom. The van der Waals surface area contributed by atoms with Gasteiger partial charge in [-0.3, -0.25) is 4.79 Å². The van der Waals surface area contributed by atoms with E-state index in [1.807, 2.05) is 49.9 Å². The van der Waals surface area contributed by atoms with E-state index in [0.717, 1.165) is 56.7 Å². The molecule has 1 aromatic heterocycles. The number of guanidine groups is 1. The quantitative estimate of drug-likeness (QED) is 0.524. The monoisotopic (exact) mass is 404 g/mol. The fourth-order valence-corrected chi connectivity index (χ4v) is 3.31. The molecule has 1 atom stereocenters. The second-order valence-electron chi connectivity index (χ2n) is 7.24. The summed E-state index contributed by atoms with van der Waals surface area (Å²) in [5, 5.41) is 3.26. The first-order chi connectivity index (χ1) is 14.0. The second kappa shape index (κ2) is 11.6. The lowest BCUT2D eigenvalue weighted by Crippen LogP contribution is -2.45. The number of rotatable bonds is 8. The standard InChI is InChI=1S/C21H36N6O2/c1-6-22-21(25(5)16-20(28)26(7-2)8-3)24-14-18-9-10-19(23-13-18)27-11-12-29-17(4)15-27/h9-10,13,17H,6-8,11-12,14-16H2,1-5H3,(H,22,24). The number of carbonyl (C=O) groups is 1. The van der Waals surface area contributed by atoms with Gasteiger partial charge in [0.2, 0.25) is 5.91 Å². The van der Waals surface area contributed by atoms with Crippen molar-refractivity contribution in [1.82, 2.24) is 20.1 Å². The number of anilines is 1. The molecule has 1 saturated heterocycles. The molecule has 1 aromatic rings. The second-order valence-corrected chi connectivity index (χ2v) is 7.24. The normalized spacial score (nSPS) is 17.2. The minimum absolute atomic E-state index is 0.105. The number of pyridine rings is 1. The summed E-state index contributed by atoms with van der Waals surface area (Å²) >= 11 is 0. The summed E-state index contributed by atoms with van der Waals surface area (Å²) < 4.78 is 5.59. The molecule has 1 fully saturated rings. The highest BCUT2D eigenvalue weighted by atomic mass is 16.5. The Kier molecular flexibility index (Phi) is 9.18. The molecule has 1 amide bonds. The van der Waals surface area contributed by atoms with Crippen LogP contribution in [-0.4, -0.2) is 85.7 Å². The molecule has 1 unspecified atom stereocenters. The summed E-state index contributed by atoms with van der Waals surface area (Å²) in [6, 6.07) is 4.11. The highest BCUT2D eigenvalue weighted by molar-refractivity contribution is 5.86. The Labute approximate surface area is 174 Å². The van der Waals surface area contributed by atoms with Gasteiger partial charge >= 0.3 is 0 Å². The van der Waals surface area contributed by atoms with Crippen LogP contribution in [0.3, 0.4) is 0 Å². The minimum Gasteiger partial charge on any atom is -0.375 e. The maximum absolute atomic E-state index is 12.4. The highest BCUT2D eigenvalue weighted by Crippen LogP contribution is 2.15. The van der Waals surface area contributed by atoms with Crippen molar-refractivity contribution in [2.75, 3.05) is 57.8 Å². The molecule has 0 bridgehead atoms. The van der Waals surface area contributed by atoms with Gasteiger partial charge in [0.05, 0.1) is 25.8 Å². The molecule has 2 rings (SSSR count). The fourth-order valence-electron chi connectivity index (χ4n) is 3.31. The van der Waals surface area contributed by atoms with Gasteiger partial charge in [-0.15, -0.1) is 0 Å². The Morgan fingerprint density at radius 2 is 2.10 bits per heavy atom. The number of nitrogens with zero attached hydrogens (tertiary/aromatic N) is 5. The summed E-state index contributed by atoms with van der Waals surface area (Å²) in [4.78, 5) is 27.6. The van der Waals surface area contributed by atoms with E-state index >= 15 is 0 Å². The van der Waals surface area contributed by atoms with Gasteiger partial charge in [0.15, 0.2) is 5.96 Å². The number of aliphatic imine (C=N–C) groups is 1. The van der Waals surface area contributed by atoms with Crippen LogP contribution >= 0.6 is 0 Å². The van der Waals surface area contributed by atoms with Crippen LogP contribution in [0.2, 0.25) is 0 Å². The molecule has 0 radical (unpaired) electrons. The summed E-state index contributed by atoms with van der Waals surface area (Å²) in [6.45, 7) is 13.6. The molecule has 1 aliphatic heterocycles. The molecule has 0 spiro atoms. The van der Waals surface area contributed by atoms with E-state index in [1.165, 1.54) is 0 Å². The van der Waals surface area contributed by atoms with E-state index in [9.17, 15) is 4.79 Å². The SMILES string of the molecule is CCNC(=NCc1ccc(N2CCOC(C)C2)nc1)N(C)CC(=O)N(CC)CC. The van der Waals surface area contributed by atoms with Crippen molar-refractivity contribution < 1.29 is 9.53 Å². The van der Waals surface area contributed by atoms with E-state index in [4.69, 9.17) is 4.74 Å². The Hall–Kier alpha value is -2.35. The number of nitrogens with one attached hydrogen (secondary N) is 1. The number of amides is 1. The molecule has 162 valence electrons. The summed E-state index contributed by atoms with van der Waals surface area (Å²) in [6.07, 6.45) is 2.11. The van der Waals surface area contributed by atoms with E-state index in [-0.39, 0.29) is 12.0 Å². The number of ether oxygens (including phenoxy) is 1. The number of aromatic nitrogens is 1. The van der Waals surface area contributed by atoms with Crippen LogP contribution in [0.1, 0.15) is 33.3 Å². The first kappa shape index (κ1) is 22.9. The first-order valence-electron chi connectivity index (χ1n) is 10.6. The maximum Gasteiger partial charge on any atom is 0.242 e. The molecular weight excluding hydrogens is 368 g/mol. The van der Waals surface area contributed by atoms with Crippen LogP contribution in [0.25, 0.3) is 0 Å². The predicted octanol–water partition coefficient (Wildman–Crippen LogP) is 1.57. The largest absolute Gasteiger partial charge is 0.375 e. The lowest BCUT2D eigenvalue weighted by atomic mass is 10.2. The molecule has 0 saturated carbocycles. The van der Waals surface area contributed by atoms with Crippen molar-refractivity contribution in [1.29, 1.82) is 0 Å². The zero-order valence-corrected chi connectivity index (χ0v) is 18.5. The highest BCUT2D eigenvalue weighted by Gasteiger charge is 2.18. The van der Waals surface area contributed by atoms with Crippen LogP contribution in [0.15, 0.2) is 23.3 Å². The van der Waals surface area contributed by atoms with Gasteiger partial charge in [0.25, 0.3) is 0 Å². The van der Waals surface area contributed by atoms with Crippen molar-refractivity contribution in [3.63, 3.8) is 0 Å². The fraction of sp³-hybridized carbons (Fsp3) is 0.667. The van der Waals surface area contributed by atoms with Gasteiger partial charge in [-0.25, -0.2) is 9.98 Å². The van der Waals surface area contributed by atoms with Gasteiger partial charge in [-0.05, 0) is 39.3 Å². The van der Waals surface area contributed by atoms with Crippen molar-refractivity contribution in [2.24, 2.45) is 4.99 Å². The number of carbonyl (C=O) groups excluding carboxylic acids is 1. The molecular formula is C21H36N6O2. The molecule has 0 aliphatic carbocycles. The Morgan fingerprint density at radius 1 is 1.34 bits per heavy atom. The van der Waals surface area contributed by atoms with Gasteiger partial charge in [0, 0.05) is 46.0 Å². The van der Waals surface area contributed by atoms with Crippen molar-refractivity contribution in [3.05, 3.63) is 23.9 Å². The summed E-state index contributed by atoms with van der Waals surface area (Å²) in [7, 11) is 1.89. The number of likely N-dealkylation sites (N-methyl/N-ethyl adjacent to an activating group) is 2. The van der Waals surface area contributed by atoms with E-state index in [0.29, 0.717) is 13.1 Å². The number of hydrogen-bond acceptors (Lipinski definition) is 5. The van der Waals surface area contributed by atoms with Gasteiger partial charge < -0.3 is 24.8 Å².